The molecule has 10 nitrogen and oxygen atoms in total. The zero-order valence-corrected chi connectivity index (χ0v) is 18.3. The molecule has 1 amide bonds. The van der Waals surface area contributed by atoms with Crippen molar-refractivity contribution in [1.82, 2.24) is 5.32 Å². The summed E-state index contributed by atoms with van der Waals surface area (Å²) in [4.78, 5) is 33.9. The first-order valence-corrected chi connectivity index (χ1v) is 10.1. The van der Waals surface area contributed by atoms with Gasteiger partial charge in [-0.1, -0.05) is 0 Å². The van der Waals surface area contributed by atoms with Gasteiger partial charge < -0.3 is 34.3 Å². The molecule has 10 heteroatoms. The third-order valence-electron chi connectivity index (χ3n) is 3.72. The van der Waals surface area contributed by atoms with Gasteiger partial charge in [-0.05, 0) is 33.6 Å². The van der Waals surface area contributed by atoms with E-state index in [1.54, 1.807) is 0 Å². The first-order chi connectivity index (χ1) is 14.3. The first-order valence-electron chi connectivity index (χ1n) is 10.1. The summed E-state index contributed by atoms with van der Waals surface area (Å²) in [6.45, 7) is 9.35. The van der Waals surface area contributed by atoms with E-state index in [1.807, 2.05) is 20.8 Å². The van der Waals surface area contributed by atoms with Gasteiger partial charge in [-0.2, -0.15) is 0 Å². The summed E-state index contributed by atoms with van der Waals surface area (Å²) in [6.07, 6.45) is 0.950. The second-order valence-electron chi connectivity index (χ2n) is 7.47. The number of hydrogen-bond acceptors (Lipinski definition) is 9. The maximum Gasteiger partial charge on any atom is 0.407 e. The Hall–Kier alpha value is -2.17. The van der Waals surface area contributed by atoms with Crippen molar-refractivity contribution in [3.05, 3.63) is 20.4 Å². The summed E-state index contributed by atoms with van der Waals surface area (Å²) < 4.78 is 26.2. The number of rotatable bonds is 16. The first kappa shape index (κ1) is 25.9. The highest BCUT2D eigenvalue weighted by Gasteiger charge is 2.20. The van der Waals surface area contributed by atoms with Crippen molar-refractivity contribution < 1.29 is 28.5 Å². The zero-order valence-electron chi connectivity index (χ0n) is 18.3. The van der Waals surface area contributed by atoms with E-state index < -0.39 is 22.6 Å². The standard InChI is InChI=1S/C20H34N2O8/c1-20(2,3)30-19(25)22-8-6-10-28-12-14-29-13-11-27-9-5-7-21-15-16(23)17(24)18(15)26-4/h21H,5-14H2,1-4H3,(H,22,25). The number of carbonyl (C=O) groups excluding carboxylic acids is 1. The van der Waals surface area contributed by atoms with Crippen LogP contribution in [0.2, 0.25) is 0 Å². The minimum atomic E-state index is -0.588. The molecule has 2 N–H and O–H groups in total. The lowest BCUT2D eigenvalue weighted by atomic mass is 10.2. The average molecular weight is 430 g/mol. The molecule has 0 saturated carbocycles. The van der Waals surface area contributed by atoms with Crippen LogP contribution in [0.1, 0.15) is 33.6 Å². The minimum Gasteiger partial charge on any atom is -0.491 e. The zero-order chi connectivity index (χ0) is 22.4. The number of nitrogens with one attached hydrogen (secondary N) is 2. The van der Waals surface area contributed by atoms with Crippen LogP contribution < -0.4 is 26.2 Å². The fourth-order valence-electron chi connectivity index (χ4n) is 2.33. The molecule has 1 aromatic rings. The molecule has 0 aliphatic rings. The number of alkyl carbamates (subject to hydrolysis) is 1. The molecule has 0 aromatic heterocycles. The number of anilines is 1. The molecule has 172 valence electrons. The Morgan fingerprint density at radius 2 is 1.37 bits per heavy atom. The van der Waals surface area contributed by atoms with Crippen molar-refractivity contribution in [2.75, 3.05) is 65.2 Å². The molecule has 0 atom stereocenters. The fourth-order valence-corrected chi connectivity index (χ4v) is 2.33. The van der Waals surface area contributed by atoms with Crippen LogP contribution >= 0.6 is 0 Å². The van der Waals surface area contributed by atoms with Crippen LogP contribution in [0.3, 0.4) is 0 Å². The summed E-state index contributed by atoms with van der Waals surface area (Å²) in [5.41, 5.74) is -1.38. The monoisotopic (exact) mass is 430 g/mol. The number of ether oxygens (including phenoxy) is 5. The van der Waals surface area contributed by atoms with E-state index in [9.17, 15) is 14.4 Å². The fraction of sp³-hybridized carbons (Fsp3) is 0.750. The Morgan fingerprint density at radius 3 is 1.90 bits per heavy atom. The van der Waals surface area contributed by atoms with E-state index in [2.05, 4.69) is 10.6 Å². The molecular formula is C20H34N2O8. The van der Waals surface area contributed by atoms with Gasteiger partial charge in [0.15, 0.2) is 5.75 Å². The van der Waals surface area contributed by atoms with Crippen LogP contribution in [0.25, 0.3) is 0 Å². The van der Waals surface area contributed by atoms with Gasteiger partial charge in [0.05, 0.1) is 33.5 Å². The van der Waals surface area contributed by atoms with Gasteiger partial charge in [0.25, 0.3) is 10.9 Å². The minimum absolute atomic E-state index is 0.0934. The molecule has 0 saturated heterocycles. The molecule has 0 unspecified atom stereocenters. The van der Waals surface area contributed by atoms with E-state index in [0.717, 1.165) is 0 Å². The Morgan fingerprint density at radius 1 is 0.833 bits per heavy atom. The highest BCUT2D eigenvalue weighted by Crippen LogP contribution is 2.15. The molecule has 30 heavy (non-hydrogen) atoms. The normalized spacial score (nSPS) is 11.5. The lowest BCUT2D eigenvalue weighted by Crippen LogP contribution is -2.35. The third kappa shape index (κ3) is 10.6. The van der Waals surface area contributed by atoms with E-state index in [0.29, 0.717) is 65.6 Å². The lowest BCUT2D eigenvalue weighted by molar-refractivity contribution is 0.0139. The molecule has 0 spiro atoms. The van der Waals surface area contributed by atoms with Gasteiger partial charge in [-0.3, -0.25) is 9.59 Å². The molecule has 1 aromatic carbocycles. The van der Waals surface area contributed by atoms with Crippen molar-refractivity contribution in [3.63, 3.8) is 0 Å². The maximum atomic E-state index is 11.4. The topological polar surface area (TPSA) is 121 Å². The van der Waals surface area contributed by atoms with Gasteiger partial charge in [0.1, 0.15) is 11.3 Å². The van der Waals surface area contributed by atoms with Gasteiger partial charge in [0, 0.05) is 26.3 Å². The van der Waals surface area contributed by atoms with Crippen LogP contribution in [0, 0.1) is 0 Å². The van der Waals surface area contributed by atoms with Crippen molar-refractivity contribution in [1.29, 1.82) is 0 Å². The van der Waals surface area contributed by atoms with Crippen LogP contribution in [0.5, 0.6) is 5.75 Å². The molecule has 0 radical (unpaired) electrons. The summed E-state index contributed by atoms with van der Waals surface area (Å²) in [6, 6.07) is 0. The van der Waals surface area contributed by atoms with Crippen LogP contribution in [-0.2, 0) is 18.9 Å². The summed E-state index contributed by atoms with van der Waals surface area (Å²) in [5, 5.41) is 5.55. The number of amides is 1. The lowest BCUT2D eigenvalue weighted by Gasteiger charge is -2.19. The highest BCUT2D eigenvalue weighted by atomic mass is 16.6. The predicted octanol–water partition coefficient (Wildman–Crippen LogP) is 1.06. The molecule has 0 bridgehead atoms. The number of methoxy groups -OCH3 is 1. The van der Waals surface area contributed by atoms with Gasteiger partial charge in [0.2, 0.25) is 0 Å². The predicted molar refractivity (Wildman–Crippen MR) is 112 cm³/mol. The second kappa shape index (κ2) is 13.9. The van der Waals surface area contributed by atoms with Crippen molar-refractivity contribution in [3.8, 4) is 5.75 Å². The summed E-state index contributed by atoms with van der Waals surface area (Å²) in [7, 11) is 1.36. The second-order valence-corrected chi connectivity index (χ2v) is 7.47. The van der Waals surface area contributed by atoms with E-state index in [1.165, 1.54) is 7.11 Å². The molecular weight excluding hydrogens is 396 g/mol. The van der Waals surface area contributed by atoms with Crippen LogP contribution in [-0.4, -0.2) is 71.5 Å². The van der Waals surface area contributed by atoms with Crippen molar-refractivity contribution in [2.24, 2.45) is 0 Å². The number of carbonyl (C=O) groups is 1. The highest BCUT2D eigenvalue weighted by molar-refractivity contribution is 5.67. The molecule has 0 aliphatic heterocycles. The summed E-state index contributed by atoms with van der Waals surface area (Å²) in [5.74, 6) is 0.0934. The molecule has 1 rings (SSSR count). The molecule has 0 heterocycles. The Balaban J connectivity index is 1.83. The molecule has 0 aliphatic carbocycles. The average Bonchev–Trinajstić information content (AvgIpc) is 2.68. The third-order valence-corrected chi connectivity index (χ3v) is 3.72. The van der Waals surface area contributed by atoms with E-state index in [4.69, 9.17) is 23.7 Å². The SMILES string of the molecule is COc1c(NCCCOCCOCCOCCCNC(=O)OC(C)(C)C)c(=O)c1=O. The Kier molecular flexibility index (Phi) is 12.0. The van der Waals surface area contributed by atoms with Crippen LogP contribution in [0.15, 0.2) is 9.59 Å². The van der Waals surface area contributed by atoms with Gasteiger partial charge >= 0.3 is 6.09 Å². The van der Waals surface area contributed by atoms with Gasteiger partial charge in [-0.25, -0.2) is 4.79 Å². The van der Waals surface area contributed by atoms with E-state index >= 15 is 0 Å². The Bertz CT molecular complexity index is 692. The van der Waals surface area contributed by atoms with Crippen LogP contribution in [0.4, 0.5) is 10.5 Å². The maximum absolute atomic E-state index is 11.4. The van der Waals surface area contributed by atoms with E-state index in [-0.39, 0.29) is 11.4 Å². The van der Waals surface area contributed by atoms with Gasteiger partial charge in [-0.15, -0.1) is 0 Å². The number of hydrogen-bond donors (Lipinski definition) is 2. The van der Waals surface area contributed by atoms with Crippen molar-refractivity contribution in [2.45, 2.75) is 39.2 Å². The molecule has 0 fully saturated rings. The smallest absolute Gasteiger partial charge is 0.407 e. The largest absolute Gasteiger partial charge is 0.491 e. The van der Waals surface area contributed by atoms with Crippen molar-refractivity contribution >= 4 is 11.8 Å². The Labute approximate surface area is 176 Å². The quantitative estimate of drug-likeness (QED) is 0.293. The summed E-state index contributed by atoms with van der Waals surface area (Å²) >= 11 is 0.